The molecule has 0 aliphatic heterocycles. The predicted molar refractivity (Wildman–Crippen MR) is 151 cm³/mol. The summed E-state index contributed by atoms with van der Waals surface area (Å²) < 4.78 is 32.2. The molecule has 2 aromatic carbocycles. The number of anilines is 1. The SMILES string of the molecule is CCOc1ccccc1N(CCCC(=O)N(Cc1ccccc1)[C@@H](C)C(=O)NC1CCCCC1)S(C)(=O)=O. The smallest absolute Gasteiger partial charge is 0.242 e. The zero-order valence-corrected chi connectivity index (χ0v) is 23.6. The lowest BCUT2D eigenvalue weighted by atomic mass is 9.95. The first-order valence-corrected chi connectivity index (χ1v) is 15.4. The van der Waals surface area contributed by atoms with Crippen molar-refractivity contribution < 1.29 is 22.7 Å². The Labute approximate surface area is 227 Å². The number of nitrogens with zero attached hydrogens (tertiary/aromatic N) is 2. The van der Waals surface area contributed by atoms with Gasteiger partial charge in [0.1, 0.15) is 11.8 Å². The van der Waals surface area contributed by atoms with Crippen LogP contribution in [0.1, 0.15) is 64.4 Å². The van der Waals surface area contributed by atoms with E-state index < -0.39 is 16.1 Å². The molecule has 1 fully saturated rings. The summed E-state index contributed by atoms with van der Waals surface area (Å²) in [5.41, 5.74) is 1.38. The number of rotatable bonds is 13. The van der Waals surface area contributed by atoms with Crippen molar-refractivity contribution in [3.8, 4) is 5.75 Å². The number of carbonyl (C=O) groups excluding carboxylic acids is 2. The Balaban J connectivity index is 1.71. The maximum absolute atomic E-state index is 13.5. The Morgan fingerprint density at radius 2 is 1.68 bits per heavy atom. The number of benzene rings is 2. The van der Waals surface area contributed by atoms with Crippen LogP contribution in [0, 0.1) is 0 Å². The van der Waals surface area contributed by atoms with E-state index >= 15 is 0 Å². The lowest BCUT2D eigenvalue weighted by molar-refractivity contribution is -0.141. The van der Waals surface area contributed by atoms with E-state index in [9.17, 15) is 18.0 Å². The molecule has 1 aliphatic rings. The molecule has 1 saturated carbocycles. The van der Waals surface area contributed by atoms with Gasteiger partial charge in [0.05, 0.1) is 18.6 Å². The van der Waals surface area contributed by atoms with Crippen molar-refractivity contribution in [1.82, 2.24) is 10.2 Å². The third-order valence-corrected chi connectivity index (χ3v) is 8.08. The van der Waals surface area contributed by atoms with Crippen LogP contribution in [-0.4, -0.2) is 56.6 Å². The second-order valence-electron chi connectivity index (χ2n) is 9.87. The largest absolute Gasteiger partial charge is 0.492 e. The Morgan fingerprint density at radius 3 is 2.34 bits per heavy atom. The van der Waals surface area contributed by atoms with Gasteiger partial charge in [-0.1, -0.05) is 61.7 Å². The van der Waals surface area contributed by atoms with E-state index in [1.54, 1.807) is 36.1 Å². The summed E-state index contributed by atoms with van der Waals surface area (Å²) in [6.07, 6.45) is 6.90. The van der Waals surface area contributed by atoms with Crippen LogP contribution in [0.15, 0.2) is 54.6 Å². The maximum atomic E-state index is 13.5. The summed E-state index contributed by atoms with van der Waals surface area (Å²) >= 11 is 0. The molecule has 0 aromatic heterocycles. The Bertz CT molecular complexity index is 1150. The van der Waals surface area contributed by atoms with Gasteiger partial charge in [0, 0.05) is 25.6 Å². The van der Waals surface area contributed by atoms with Gasteiger partial charge in [-0.05, 0) is 50.8 Å². The van der Waals surface area contributed by atoms with Crippen molar-refractivity contribution >= 4 is 27.5 Å². The maximum Gasteiger partial charge on any atom is 0.242 e. The van der Waals surface area contributed by atoms with Crippen LogP contribution in [-0.2, 0) is 26.2 Å². The number of hydrogen-bond donors (Lipinski definition) is 1. The number of carbonyl (C=O) groups is 2. The molecule has 3 rings (SSSR count). The number of sulfonamides is 1. The summed E-state index contributed by atoms with van der Waals surface area (Å²) in [5, 5.41) is 3.14. The average molecular weight is 544 g/mol. The quantitative estimate of drug-likeness (QED) is 0.401. The van der Waals surface area contributed by atoms with Crippen molar-refractivity contribution in [3.63, 3.8) is 0 Å². The normalized spacial score (nSPS) is 14.9. The molecule has 0 heterocycles. The fourth-order valence-corrected chi connectivity index (χ4v) is 5.82. The summed E-state index contributed by atoms with van der Waals surface area (Å²) in [7, 11) is -3.61. The number of ether oxygens (including phenoxy) is 1. The molecule has 208 valence electrons. The summed E-state index contributed by atoms with van der Waals surface area (Å²) in [5.74, 6) is 0.140. The molecule has 1 atom stereocenters. The molecule has 0 bridgehead atoms. The highest BCUT2D eigenvalue weighted by Gasteiger charge is 2.28. The molecular weight excluding hydrogens is 502 g/mol. The van der Waals surface area contributed by atoms with E-state index in [2.05, 4.69) is 5.32 Å². The second-order valence-corrected chi connectivity index (χ2v) is 11.8. The summed E-state index contributed by atoms with van der Waals surface area (Å²) in [6.45, 7) is 4.44. The standard InChI is InChI=1S/C29H41N3O5S/c1-4-37-27-19-12-11-18-26(27)32(38(3,35)36)21-13-20-28(33)31(22-24-14-7-5-8-15-24)23(2)29(34)30-25-16-9-6-10-17-25/h5,7-8,11-12,14-15,18-19,23,25H,4,6,9-10,13,16-17,20-22H2,1-3H3,(H,30,34)/t23-/m0/s1. The summed E-state index contributed by atoms with van der Waals surface area (Å²) in [4.78, 5) is 28.2. The van der Waals surface area contributed by atoms with Crippen molar-refractivity contribution in [3.05, 3.63) is 60.2 Å². The van der Waals surface area contributed by atoms with Gasteiger partial charge >= 0.3 is 0 Å². The molecule has 8 nitrogen and oxygen atoms in total. The first kappa shape index (κ1) is 29.5. The highest BCUT2D eigenvalue weighted by atomic mass is 32.2. The highest BCUT2D eigenvalue weighted by molar-refractivity contribution is 7.92. The molecule has 0 radical (unpaired) electrons. The average Bonchev–Trinajstić information content (AvgIpc) is 2.90. The van der Waals surface area contributed by atoms with Crippen molar-refractivity contribution in [2.45, 2.75) is 77.4 Å². The van der Waals surface area contributed by atoms with Crippen molar-refractivity contribution in [1.29, 1.82) is 0 Å². The van der Waals surface area contributed by atoms with Crippen LogP contribution in [0.5, 0.6) is 5.75 Å². The molecule has 1 aliphatic carbocycles. The van der Waals surface area contributed by atoms with Crippen LogP contribution in [0.4, 0.5) is 5.69 Å². The Hall–Kier alpha value is -3.07. The minimum atomic E-state index is -3.61. The van der Waals surface area contributed by atoms with Gasteiger partial charge in [-0.15, -0.1) is 0 Å². The minimum Gasteiger partial charge on any atom is -0.492 e. The number of hydrogen-bond acceptors (Lipinski definition) is 5. The lowest BCUT2D eigenvalue weighted by Gasteiger charge is -2.31. The van der Waals surface area contributed by atoms with Gasteiger partial charge in [-0.3, -0.25) is 13.9 Å². The zero-order valence-electron chi connectivity index (χ0n) is 22.8. The summed E-state index contributed by atoms with van der Waals surface area (Å²) in [6, 6.07) is 16.1. The fraction of sp³-hybridized carbons (Fsp3) is 0.517. The molecule has 0 unspecified atom stereocenters. The molecule has 0 saturated heterocycles. The number of nitrogens with one attached hydrogen (secondary N) is 1. The number of para-hydroxylation sites is 2. The van der Waals surface area contributed by atoms with Gasteiger partial charge < -0.3 is 15.0 Å². The van der Waals surface area contributed by atoms with Crippen LogP contribution in [0.25, 0.3) is 0 Å². The molecule has 1 N–H and O–H groups in total. The molecule has 38 heavy (non-hydrogen) atoms. The van der Waals surface area contributed by atoms with E-state index in [1.807, 2.05) is 37.3 Å². The van der Waals surface area contributed by atoms with Crippen LogP contribution in [0.3, 0.4) is 0 Å². The number of amides is 2. The van der Waals surface area contributed by atoms with Gasteiger partial charge in [0.25, 0.3) is 0 Å². The molecule has 2 aromatic rings. The van der Waals surface area contributed by atoms with Crippen molar-refractivity contribution in [2.24, 2.45) is 0 Å². The first-order valence-electron chi connectivity index (χ1n) is 13.5. The first-order chi connectivity index (χ1) is 18.2. The van der Waals surface area contributed by atoms with Gasteiger partial charge in [0.15, 0.2) is 0 Å². The van der Waals surface area contributed by atoms with Crippen LogP contribution < -0.4 is 14.4 Å². The third kappa shape index (κ3) is 8.48. The van der Waals surface area contributed by atoms with E-state index in [1.165, 1.54) is 10.7 Å². The highest BCUT2D eigenvalue weighted by Crippen LogP contribution is 2.30. The molecular formula is C29H41N3O5S. The second kappa shape index (κ2) is 14.2. The van der Waals surface area contributed by atoms with E-state index in [4.69, 9.17) is 4.74 Å². The predicted octanol–water partition coefficient (Wildman–Crippen LogP) is 4.50. The third-order valence-electron chi connectivity index (χ3n) is 6.90. The fourth-order valence-electron chi connectivity index (χ4n) is 4.85. The molecule has 0 spiro atoms. The Morgan fingerprint density at radius 1 is 1.03 bits per heavy atom. The minimum absolute atomic E-state index is 0.108. The van der Waals surface area contributed by atoms with Gasteiger partial charge in [-0.25, -0.2) is 8.42 Å². The van der Waals surface area contributed by atoms with E-state index in [-0.39, 0.29) is 30.8 Å². The van der Waals surface area contributed by atoms with E-state index in [0.717, 1.165) is 37.5 Å². The zero-order chi connectivity index (χ0) is 27.5. The Kier molecular flexibility index (Phi) is 11.0. The molecule has 9 heteroatoms. The van der Waals surface area contributed by atoms with Gasteiger partial charge in [0.2, 0.25) is 21.8 Å². The monoisotopic (exact) mass is 543 g/mol. The van der Waals surface area contributed by atoms with Crippen molar-refractivity contribution in [2.75, 3.05) is 23.7 Å². The van der Waals surface area contributed by atoms with E-state index in [0.29, 0.717) is 31.0 Å². The topological polar surface area (TPSA) is 96.0 Å². The van der Waals surface area contributed by atoms with Gasteiger partial charge in [-0.2, -0.15) is 0 Å². The van der Waals surface area contributed by atoms with Crippen LogP contribution >= 0.6 is 0 Å². The molecule has 2 amide bonds. The van der Waals surface area contributed by atoms with Crippen LogP contribution in [0.2, 0.25) is 0 Å². The lowest BCUT2D eigenvalue weighted by Crippen LogP contribution is -2.50.